The van der Waals surface area contributed by atoms with Crippen LogP contribution in [0.2, 0.25) is 10.3 Å². The van der Waals surface area contributed by atoms with E-state index < -0.39 is 0 Å². The molecule has 0 spiro atoms. The Hall–Kier alpha value is -1.36. The number of thiophene rings is 1. The molecule has 114 valence electrons. The van der Waals surface area contributed by atoms with Gasteiger partial charge in [-0.2, -0.15) is 4.98 Å². The van der Waals surface area contributed by atoms with Crippen molar-refractivity contribution < 1.29 is 0 Å². The van der Waals surface area contributed by atoms with Crippen LogP contribution < -0.4 is 5.32 Å². The van der Waals surface area contributed by atoms with Crippen LogP contribution in [0, 0.1) is 27.7 Å². The van der Waals surface area contributed by atoms with Gasteiger partial charge in [0.2, 0.25) is 5.28 Å². The number of hydrogen-bond acceptors (Lipinski definition) is 4. The number of hydrogen-bond donors (Lipinski definition) is 1. The molecule has 3 rings (SSSR count). The average Bonchev–Trinajstić information content (AvgIpc) is 2.68. The number of aryl methyl sites for hydroxylation is 4. The first-order chi connectivity index (χ1) is 10.4. The fraction of sp³-hybridized carbons (Fsp3) is 0.250. The molecular weight excluding hydrogens is 337 g/mol. The molecule has 2 heterocycles. The minimum atomic E-state index is 0.233. The van der Waals surface area contributed by atoms with E-state index in [2.05, 4.69) is 35.2 Å². The van der Waals surface area contributed by atoms with Gasteiger partial charge in [0.15, 0.2) is 0 Å². The highest BCUT2D eigenvalue weighted by atomic mass is 35.5. The van der Waals surface area contributed by atoms with Crippen molar-refractivity contribution in [2.24, 2.45) is 0 Å². The van der Waals surface area contributed by atoms with Crippen LogP contribution >= 0.6 is 34.5 Å². The summed E-state index contributed by atoms with van der Waals surface area (Å²) in [5.41, 5.74) is 4.21. The third-order valence-corrected chi connectivity index (χ3v) is 5.24. The van der Waals surface area contributed by atoms with E-state index in [1.54, 1.807) is 11.3 Å². The largest absolute Gasteiger partial charge is 0.338 e. The maximum Gasteiger partial charge on any atom is 0.225 e. The lowest BCUT2D eigenvalue weighted by Crippen LogP contribution is -1.99. The summed E-state index contributed by atoms with van der Waals surface area (Å²) in [5.74, 6) is 0.700. The van der Waals surface area contributed by atoms with E-state index >= 15 is 0 Å². The van der Waals surface area contributed by atoms with E-state index in [9.17, 15) is 0 Å². The molecule has 0 aliphatic carbocycles. The highest BCUT2D eigenvalue weighted by Crippen LogP contribution is 2.37. The Morgan fingerprint density at radius 2 is 1.77 bits per heavy atom. The van der Waals surface area contributed by atoms with Gasteiger partial charge in [0, 0.05) is 4.88 Å². The fourth-order valence-corrected chi connectivity index (χ4v) is 4.12. The number of fused-ring (bicyclic) bond motifs is 1. The van der Waals surface area contributed by atoms with Crippen LogP contribution in [0.4, 0.5) is 11.5 Å². The van der Waals surface area contributed by atoms with Gasteiger partial charge in [0.05, 0.1) is 16.1 Å². The summed E-state index contributed by atoms with van der Waals surface area (Å²) in [6.45, 7) is 8.19. The normalized spacial score (nSPS) is 11.2. The van der Waals surface area contributed by atoms with Crippen LogP contribution in [-0.4, -0.2) is 9.97 Å². The average molecular weight is 352 g/mol. The Morgan fingerprint density at radius 3 is 2.45 bits per heavy atom. The molecule has 2 aromatic heterocycles. The Balaban J connectivity index is 2.19. The van der Waals surface area contributed by atoms with Gasteiger partial charge in [-0.05, 0) is 62.1 Å². The van der Waals surface area contributed by atoms with Gasteiger partial charge in [-0.1, -0.05) is 17.7 Å². The number of rotatable bonds is 2. The molecule has 0 saturated carbocycles. The van der Waals surface area contributed by atoms with Crippen molar-refractivity contribution in [2.45, 2.75) is 27.7 Å². The molecule has 0 saturated heterocycles. The SMILES string of the molecule is Cc1cc(C)c(Nc2nc(Cl)nc3sc(C)c(C)c23)c(Cl)c1. The summed E-state index contributed by atoms with van der Waals surface area (Å²) >= 11 is 14.1. The molecule has 0 radical (unpaired) electrons. The van der Waals surface area contributed by atoms with Gasteiger partial charge in [-0.25, -0.2) is 4.98 Å². The first kappa shape index (κ1) is 15.5. The van der Waals surface area contributed by atoms with E-state index in [1.807, 2.05) is 19.9 Å². The van der Waals surface area contributed by atoms with Crippen molar-refractivity contribution in [3.05, 3.63) is 44.0 Å². The minimum absolute atomic E-state index is 0.233. The molecule has 0 fully saturated rings. The van der Waals surface area contributed by atoms with E-state index in [-0.39, 0.29) is 5.28 Å². The summed E-state index contributed by atoms with van der Waals surface area (Å²) in [5, 5.41) is 5.25. The van der Waals surface area contributed by atoms with Crippen LogP contribution in [0.15, 0.2) is 12.1 Å². The number of halogens is 2. The van der Waals surface area contributed by atoms with Crippen molar-refractivity contribution in [2.75, 3.05) is 5.32 Å². The molecule has 22 heavy (non-hydrogen) atoms. The second-order valence-corrected chi connectivity index (χ2v) is 7.32. The molecule has 0 amide bonds. The summed E-state index contributed by atoms with van der Waals surface area (Å²) in [7, 11) is 0. The predicted molar refractivity (Wildman–Crippen MR) is 96.1 cm³/mol. The highest BCUT2D eigenvalue weighted by molar-refractivity contribution is 7.18. The lowest BCUT2D eigenvalue weighted by Gasteiger charge is -2.13. The van der Waals surface area contributed by atoms with Crippen LogP contribution in [0.1, 0.15) is 21.6 Å². The highest BCUT2D eigenvalue weighted by Gasteiger charge is 2.16. The Morgan fingerprint density at radius 1 is 1.05 bits per heavy atom. The standard InChI is InChI=1S/C16H15Cl2N3S/c1-7-5-8(2)13(11(17)6-7)19-14-12-9(3)10(4)22-15(12)21-16(18)20-14/h5-6H,1-4H3,(H,19,20,21). The Kier molecular flexibility index (Phi) is 4.02. The van der Waals surface area contributed by atoms with Crippen molar-refractivity contribution in [3.63, 3.8) is 0 Å². The summed E-state index contributed by atoms with van der Waals surface area (Å²) < 4.78 is 0. The first-order valence-corrected chi connectivity index (χ1v) is 8.41. The molecule has 3 nitrogen and oxygen atoms in total. The van der Waals surface area contributed by atoms with Gasteiger partial charge < -0.3 is 5.32 Å². The van der Waals surface area contributed by atoms with E-state index in [1.165, 1.54) is 10.4 Å². The molecule has 0 aliphatic heterocycles. The number of anilines is 2. The third kappa shape index (κ3) is 2.67. The molecule has 0 unspecified atom stereocenters. The van der Waals surface area contributed by atoms with Crippen LogP contribution in [-0.2, 0) is 0 Å². The smallest absolute Gasteiger partial charge is 0.225 e. The lowest BCUT2D eigenvalue weighted by atomic mass is 10.1. The Bertz CT molecular complexity index is 864. The lowest BCUT2D eigenvalue weighted by molar-refractivity contribution is 1.22. The second-order valence-electron chi connectivity index (χ2n) is 5.37. The monoisotopic (exact) mass is 351 g/mol. The topological polar surface area (TPSA) is 37.8 Å². The second kappa shape index (κ2) is 5.69. The molecule has 0 atom stereocenters. The zero-order valence-electron chi connectivity index (χ0n) is 12.7. The maximum absolute atomic E-state index is 6.38. The molecule has 1 aromatic carbocycles. The number of nitrogens with one attached hydrogen (secondary N) is 1. The number of nitrogens with zero attached hydrogens (tertiary/aromatic N) is 2. The minimum Gasteiger partial charge on any atom is -0.338 e. The van der Waals surface area contributed by atoms with Gasteiger partial charge in [-0.3, -0.25) is 0 Å². The number of benzene rings is 1. The van der Waals surface area contributed by atoms with E-state index in [4.69, 9.17) is 23.2 Å². The van der Waals surface area contributed by atoms with Crippen LogP contribution in [0.5, 0.6) is 0 Å². The van der Waals surface area contributed by atoms with Gasteiger partial charge >= 0.3 is 0 Å². The molecule has 1 N–H and O–H groups in total. The van der Waals surface area contributed by atoms with Crippen molar-refractivity contribution in [1.29, 1.82) is 0 Å². The summed E-state index contributed by atoms with van der Waals surface area (Å²) in [6, 6.07) is 4.02. The van der Waals surface area contributed by atoms with E-state index in [0.29, 0.717) is 10.8 Å². The van der Waals surface area contributed by atoms with Gasteiger partial charge in [-0.15, -0.1) is 11.3 Å². The molecule has 3 aromatic rings. The fourth-order valence-electron chi connectivity index (χ4n) is 2.51. The molecule has 0 aliphatic rings. The van der Waals surface area contributed by atoms with E-state index in [0.717, 1.165) is 27.0 Å². The van der Waals surface area contributed by atoms with Crippen LogP contribution in [0.3, 0.4) is 0 Å². The zero-order valence-corrected chi connectivity index (χ0v) is 15.0. The van der Waals surface area contributed by atoms with Crippen molar-refractivity contribution in [1.82, 2.24) is 9.97 Å². The predicted octanol–water partition coefficient (Wildman–Crippen LogP) is 5.98. The molecular formula is C16H15Cl2N3S. The Labute approximate surface area is 143 Å². The number of aromatic nitrogens is 2. The van der Waals surface area contributed by atoms with Crippen molar-refractivity contribution in [3.8, 4) is 0 Å². The molecule has 6 heteroatoms. The molecule has 0 bridgehead atoms. The third-order valence-electron chi connectivity index (χ3n) is 3.68. The zero-order chi connectivity index (χ0) is 16.0. The van der Waals surface area contributed by atoms with Crippen LogP contribution in [0.25, 0.3) is 10.2 Å². The van der Waals surface area contributed by atoms with Gasteiger partial charge in [0.1, 0.15) is 10.6 Å². The first-order valence-electron chi connectivity index (χ1n) is 6.84. The maximum atomic E-state index is 6.38. The summed E-state index contributed by atoms with van der Waals surface area (Å²) in [6.07, 6.45) is 0. The van der Waals surface area contributed by atoms with Crippen molar-refractivity contribution >= 4 is 56.3 Å². The quantitative estimate of drug-likeness (QED) is 0.577. The van der Waals surface area contributed by atoms with Gasteiger partial charge in [0.25, 0.3) is 0 Å². The summed E-state index contributed by atoms with van der Waals surface area (Å²) in [4.78, 5) is 10.8.